The van der Waals surface area contributed by atoms with Gasteiger partial charge in [-0.15, -0.1) is 0 Å². The summed E-state index contributed by atoms with van der Waals surface area (Å²) >= 11 is 0. The Bertz CT molecular complexity index is 370. The normalized spacial score (nSPS) is 28.1. The van der Waals surface area contributed by atoms with Crippen LogP contribution in [0.1, 0.15) is 56.3 Å². The van der Waals surface area contributed by atoms with Crippen LogP contribution < -0.4 is 5.32 Å². The van der Waals surface area contributed by atoms with Gasteiger partial charge in [0.25, 0.3) is 0 Å². The summed E-state index contributed by atoms with van der Waals surface area (Å²) in [7, 11) is 0. The summed E-state index contributed by atoms with van der Waals surface area (Å²) in [6.07, 6.45) is 1.13. The lowest BCUT2D eigenvalue weighted by atomic mass is 9.94. The van der Waals surface area contributed by atoms with E-state index in [2.05, 4.69) is 51.2 Å². The highest BCUT2D eigenvalue weighted by Crippen LogP contribution is 2.44. The second kappa shape index (κ2) is 4.58. The molecule has 3 unspecified atom stereocenters. The molecule has 0 aromatic heterocycles. The highest BCUT2D eigenvalue weighted by atomic mass is 14.9. The number of hydrogen-bond donors (Lipinski definition) is 1. The maximum atomic E-state index is 3.63. The lowest BCUT2D eigenvalue weighted by Gasteiger charge is -2.19. The SMILES string of the molecule is CCNC1c2cc(CC)ccc2C(C)C1C. The maximum Gasteiger partial charge on any atom is 0.0354 e. The summed E-state index contributed by atoms with van der Waals surface area (Å²) in [5, 5.41) is 3.63. The first-order valence-corrected chi connectivity index (χ1v) is 6.55. The fraction of sp³-hybridized carbons (Fsp3) is 0.600. The van der Waals surface area contributed by atoms with Gasteiger partial charge in [0.15, 0.2) is 0 Å². The van der Waals surface area contributed by atoms with E-state index in [4.69, 9.17) is 0 Å². The van der Waals surface area contributed by atoms with Crippen molar-refractivity contribution in [2.45, 2.75) is 46.1 Å². The van der Waals surface area contributed by atoms with E-state index < -0.39 is 0 Å². The van der Waals surface area contributed by atoms with Crippen molar-refractivity contribution >= 4 is 0 Å². The van der Waals surface area contributed by atoms with E-state index in [-0.39, 0.29) is 0 Å². The van der Waals surface area contributed by atoms with Crippen LogP contribution in [0.2, 0.25) is 0 Å². The quantitative estimate of drug-likeness (QED) is 0.815. The average Bonchev–Trinajstić information content (AvgIpc) is 2.54. The van der Waals surface area contributed by atoms with Crippen LogP contribution >= 0.6 is 0 Å². The predicted molar refractivity (Wildman–Crippen MR) is 69.8 cm³/mol. The molecule has 0 spiro atoms. The van der Waals surface area contributed by atoms with Gasteiger partial charge < -0.3 is 5.32 Å². The zero-order valence-corrected chi connectivity index (χ0v) is 10.9. The van der Waals surface area contributed by atoms with Crippen LogP contribution in [-0.4, -0.2) is 6.54 Å². The van der Waals surface area contributed by atoms with Gasteiger partial charge in [-0.3, -0.25) is 0 Å². The van der Waals surface area contributed by atoms with E-state index in [1.165, 1.54) is 5.56 Å². The smallest absolute Gasteiger partial charge is 0.0354 e. The van der Waals surface area contributed by atoms with Crippen molar-refractivity contribution in [1.29, 1.82) is 0 Å². The highest BCUT2D eigenvalue weighted by molar-refractivity contribution is 5.41. The van der Waals surface area contributed by atoms with Gasteiger partial charge in [0, 0.05) is 6.04 Å². The number of benzene rings is 1. The molecule has 1 heteroatoms. The van der Waals surface area contributed by atoms with Crippen molar-refractivity contribution in [3.05, 3.63) is 34.9 Å². The molecular weight excluding hydrogens is 194 g/mol. The fourth-order valence-corrected chi connectivity index (χ4v) is 2.90. The van der Waals surface area contributed by atoms with E-state index in [1.807, 2.05) is 0 Å². The number of aryl methyl sites for hydroxylation is 1. The second-order valence-electron chi connectivity index (χ2n) is 5.00. The van der Waals surface area contributed by atoms with E-state index in [9.17, 15) is 0 Å². The molecule has 0 radical (unpaired) electrons. The molecule has 0 heterocycles. The third-order valence-corrected chi connectivity index (χ3v) is 4.12. The standard InChI is InChI=1S/C15H23N/c1-5-12-7-8-13-10(3)11(4)15(16-6-2)14(13)9-12/h7-11,15-16H,5-6H2,1-4H3. The summed E-state index contributed by atoms with van der Waals surface area (Å²) in [4.78, 5) is 0. The third kappa shape index (κ3) is 1.78. The average molecular weight is 217 g/mol. The van der Waals surface area contributed by atoms with Gasteiger partial charge in [-0.2, -0.15) is 0 Å². The van der Waals surface area contributed by atoms with Crippen LogP contribution in [0.4, 0.5) is 0 Å². The van der Waals surface area contributed by atoms with Crippen molar-refractivity contribution < 1.29 is 0 Å². The minimum Gasteiger partial charge on any atom is -0.310 e. The Morgan fingerprint density at radius 3 is 2.50 bits per heavy atom. The fourth-order valence-electron chi connectivity index (χ4n) is 2.90. The first-order chi connectivity index (χ1) is 7.69. The van der Waals surface area contributed by atoms with Crippen molar-refractivity contribution in [2.24, 2.45) is 5.92 Å². The van der Waals surface area contributed by atoms with Gasteiger partial charge in [-0.25, -0.2) is 0 Å². The molecule has 88 valence electrons. The first kappa shape index (κ1) is 11.7. The Balaban J connectivity index is 2.40. The Hall–Kier alpha value is -0.820. The van der Waals surface area contributed by atoms with E-state index in [1.54, 1.807) is 11.1 Å². The molecule has 0 bridgehead atoms. The molecule has 0 amide bonds. The van der Waals surface area contributed by atoms with Gasteiger partial charge >= 0.3 is 0 Å². The molecule has 0 saturated heterocycles. The molecule has 1 nitrogen and oxygen atoms in total. The molecule has 1 aliphatic carbocycles. The molecule has 2 rings (SSSR count). The van der Waals surface area contributed by atoms with Crippen LogP contribution in [-0.2, 0) is 6.42 Å². The molecule has 0 aliphatic heterocycles. The zero-order valence-electron chi connectivity index (χ0n) is 10.9. The van der Waals surface area contributed by atoms with E-state index in [0.717, 1.165) is 13.0 Å². The van der Waals surface area contributed by atoms with Gasteiger partial charge in [0.2, 0.25) is 0 Å². The summed E-state index contributed by atoms with van der Waals surface area (Å²) in [6, 6.07) is 7.59. The van der Waals surface area contributed by atoms with Crippen molar-refractivity contribution in [3.8, 4) is 0 Å². The topological polar surface area (TPSA) is 12.0 Å². The molecule has 3 atom stereocenters. The van der Waals surface area contributed by atoms with Gasteiger partial charge in [0.05, 0.1) is 0 Å². The number of rotatable bonds is 3. The Morgan fingerprint density at radius 2 is 1.88 bits per heavy atom. The molecule has 0 fully saturated rings. The number of hydrogen-bond acceptors (Lipinski definition) is 1. The highest BCUT2D eigenvalue weighted by Gasteiger charge is 2.34. The van der Waals surface area contributed by atoms with Crippen molar-refractivity contribution in [3.63, 3.8) is 0 Å². The van der Waals surface area contributed by atoms with Gasteiger partial charge in [0.1, 0.15) is 0 Å². The molecule has 1 aromatic rings. The minimum absolute atomic E-state index is 0.557. The molecule has 1 aliphatic rings. The maximum absolute atomic E-state index is 3.63. The van der Waals surface area contributed by atoms with Gasteiger partial charge in [-0.1, -0.05) is 45.9 Å². The molecular formula is C15H23N. The second-order valence-corrected chi connectivity index (χ2v) is 5.00. The molecule has 1 aromatic carbocycles. The van der Waals surface area contributed by atoms with E-state index in [0.29, 0.717) is 17.9 Å². The molecule has 16 heavy (non-hydrogen) atoms. The van der Waals surface area contributed by atoms with Crippen LogP contribution in [0.5, 0.6) is 0 Å². The monoisotopic (exact) mass is 217 g/mol. The van der Waals surface area contributed by atoms with Crippen molar-refractivity contribution in [1.82, 2.24) is 5.32 Å². The van der Waals surface area contributed by atoms with Crippen LogP contribution in [0.25, 0.3) is 0 Å². The number of fused-ring (bicyclic) bond motifs is 1. The van der Waals surface area contributed by atoms with E-state index >= 15 is 0 Å². The predicted octanol–water partition coefficient (Wildman–Crippen LogP) is 3.65. The largest absolute Gasteiger partial charge is 0.310 e. The Labute approximate surface area is 99.3 Å². The molecule has 0 saturated carbocycles. The summed E-state index contributed by atoms with van der Waals surface area (Å²) in [5.41, 5.74) is 4.56. The Kier molecular flexibility index (Phi) is 3.34. The summed E-state index contributed by atoms with van der Waals surface area (Å²) < 4.78 is 0. The zero-order chi connectivity index (χ0) is 11.7. The van der Waals surface area contributed by atoms with Crippen LogP contribution in [0.3, 0.4) is 0 Å². The van der Waals surface area contributed by atoms with Crippen LogP contribution in [0.15, 0.2) is 18.2 Å². The minimum atomic E-state index is 0.557. The Morgan fingerprint density at radius 1 is 1.12 bits per heavy atom. The van der Waals surface area contributed by atoms with Crippen LogP contribution in [0, 0.1) is 5.92 Å². The lowest BCUT2D eigenvalue weighted by Crippen LogP contribution is -2.24. The lowest BCUT2D eigenvalue weighted by molar-refractivity contribution is 0.386. The van der Waals surface area contributed by atoms with Crippen molar-refractivity contribution in [2.75, 3.05) is 6.54 Å². The summed E-state index contributed by atoms with van der Waals surface area (Å²) in [6.45, 7) is 10.2. The molecule has 1 N–H and O–H groups in total. The van der Waals surface area contributed by atoms with Gasteiger partial charge in [-0.05, 0) is 41.5 Å². The third-order valence-electron chi connectivity index (χ3n) is 4.12. The first-order valence-electron chi connectivity index (χ1n) is 6.55. The number of nitrogens with one attached hydrogen (secondary N) is 1. The summed E-state index contributed by atoms with van der Waals surface area (Å²) in [5.74, 6) is 1.40.